The molecule has 0 aromatic heterocycles. The van der Waals surface area contributed by atoms with Gasteiger partial charge in [-0.3, -0.25) is 0 Å². The monoisotopic (exact) mass is 494 g/mol. The van der Waals surface area contributed by atoms with Crippen LogP contribution in [-0.2, 0) is 14.2 Å². The van der Waals surface area contributed by atoms with Gasteiger partial charge in [-0.15, -0.1) is 0 Å². The molecule has 188 valence electrons. The van der Waals surface area contributed by atoms with Gasteiger partial charge in [-0.2, -0.15) is 0 Å². The Morgan fingerprint density at radius 1 is 0.611 bits per heavy atom. The molecule has 0 saturated carbocycles. The number of carbonyl (C=O) groups is 3. The number of rotatable bonds is 11. The lowest BCUT2D eigenvalue weighted by Gasteiger charge is -2.19. The van der Waals surface area contributed by atoms with Crippen molar-refractivity contribution in [3.63, 3.8) is 0 Å². The van der Waals surface area contributed by atoms with E-state index in [1.54, 1.807) is 60.7 Å². The highest BCUT2D eigenvalue weighted by molar-refractivity contribution is 5.94. The van der Waals surface area contributed by atoms with Gasteiger partial charge in [-0.05, 0) is 24.3 Å². The maximum absolute atomic E-state index is 13.1. The quantitative estimate of drug-likeness (QED) is 0.289. The van der Waals surface area contributed by atoms with Gasteiger partial charge in [-0.25, -0.2) is 14.4 Å². The summed E-state index contributed by atoms with van der Waals surface area (Å²) in [5.41, 5.74) is 0.694. The van der Waals surface area contributed by atoms with Crippen LogP contribution in [0.4, 0.5) is 0 Å². The fourth-order valence-electron chi connectivity index (χ4n) is 3.17. The van der Waals surface area contributed by atoms with Crippen molar-refractivity contribution in [3.05, 3.63) is 89.5 Å². The Balaban J connectivity index is 1.77. The molecule has 0 unspecified atom stereocenters. The highest BCUT2D eigenvalue weighted by Gasteiger charge is 2.25. The molecular formula is C27H26O9. The van der Waals surface area contributed by atoms with Crippen molar-refractivity contribution < 1.29 is 42.8 Å². The molecule has 0 N–H and O–H groups in total. The zero-order chi connectivity index (χ0) is 25.9. The first-order chi connectivity index (χ1) is 17.5. The summed E-state index contributed by atoms with van der Waals surface area (Å²) in [5, 5.41) is 0. The molecule has 9 heteroatoms. The minimum absolute atomic E-state index is 0.0453. The van der Waals surface area contributed by atoms with Crippen LogP contribution in [0.1, 0.15) is 31.1 Å². The van der Waals surface area contributed by atoms with Crippen LogP contribution in [0.3, 0.4) is 0 Å². The molecular weight excluding hydrogens is 468 g/mol. The predicted molar refractivity (Wildman–Crippen MR) is 129 cm³/mol. The van der Waals surface area contributed by atoms with E-state index in [2.05, 4.69) is 0 Å². The second-order valence-corrected chi connectivity index (χ2v) is 7.36. The van der Waals surface area contributed by atoms with Crippen LogP contribution in [0.25, 0.3) is 0 Å². The van der Waals surface area contributed by atoms with Crippen LogP contribution in [0.2, 0.25) is 0 Å². The Morgan fingerprint density at radius 2 is 1.06 bits per heavy atom. The van der Waals surface area contributed by atoms with Crippen molar-refractivity contribution in [1.82, 2.24) is 0 Å². The number of carbonyl (C=O) groups excluding carboxylic acids is 3. The summed E-state index contributed by atoms with van der Waals surface area (Å²) in [6.45, 7) is -0.700. The molecule has 0 fully saturated rings. The topological polar surface area (TPSA) is 107 Å². The summed E-state index contributed by atoms with van der Waals surface area (Å²) in [6.07, 6.45) is -1.10. The van der Waals surface area contributed by atoms with Gasteiger partial charge in [0.15, 0.2) is 17.6 Å². The molecule has 0 atom stereocenters. The second-order valence-electron chi connectivity index (χ2n) is 7.36. The van der Waals surface area contributed by atoms with E-state index in [1.165, 1.54) is 33.5 Å². The van der Waals surface area contributed by atoms with Gasteiger partial charge in [0.25, 0.3) is 0 Å². The third-order valence-electron chi connectivity index (χ3n) is 5.02. The van der Waals surface area contributed by atoms with E-state index >= 15 is 0 Å². The first-order valence-electron chi connectivity index (χ1n) is 10.9. The maximum atomic E-state index is 13.1. The van der Waals surface area contributed by atoms with E-state index < -0.39 is 24.0 Å². The lowest BCUT2D eigenvalue weighted by molar-refractivity contribution is -0.0255. The number of hydrogen-bond acceptors (Lipinski definition) is 9. The molecule has 3 rings (SSSR count). The molecule has 0 aliphatic heterocycles. The number of hydrogen-bond donors (Lipinski definition) is 0. The molecule has 3 aromatic carbocycles. The Hall–Kier alpha value is -4.53. The summed E-state index contributed by atoms with van der Waals surface area (Å²) >= 11 is 0. The molecule has 0 spiro atoms. The van der Waals surface area contributed by atoms with E-state index in [0.29, 0.717) is 16.9 Å². The summed E-state index contributed by atoms with van der Waals surface area (Å²) < 4.78 is 32.0. The van der Waals surface area contributed by atoms with Gasteiger partial charge in [-0.1, -0.05) is 36.4 Å². The smallest absolute Gasteiger partial charge is 0.342 e. The van der Waals surface area contributed by atoms with E-state index in [-0.39, 0.29) is 30.3 Å². The molecule has 36 heavy (non-hydrogen) atoms. The summed E-state index contributed by atoms with van der Waals surface area (Å²) in [6, 6.07) is 19.6. The lowest BCUT2D eigenvalue weighted by Crippen LogP contribution is -2.31. The molecule has 0 bridgehead atoms. The zero-order valence-electron chi connectivity index (χ0n) is 20.1. The molecule has 0 amide bonds. The van der Waals surface area contributed by atoms with Gasteiger partial charge >= 0.3 is 17.9 Å². The Labute approximate surface area is 208 Å². The number of methoxy groups -OCH3 is 3. The van der Waals surface area contributed by atoms with Crippen molar-refractivity contribution in [2.75, 3.05) is 34.5 Å². The lowest BCUT2D eigenvalue weighted by atomic mass is 10.1. The number of esters is 3. The summed E-state index contributed by atoms with van der Waals surface area (Å²) in [7, 11) is 4.26. The molecule has 0 aliphatic carbocycles. The van der Waals surface area contributed by atoms with Gasteiger partial charge < -0.3 is 28.4 Å². The number of ether oxygens (including phenoxy) is 6. The average molecular weight is 494 g/mol. The van der Waals surface area contributed by atoms with Crippen molar-refractivity contribution in [2.24, 2.45) is 0 Å². The standard InChI is InChI=1S/C27H26O9/c1-31-22-15-24(33-3)23(32-2)14-21(22)27(30)36-20(16-34-25(28)18-10-6-4-7-11-18)17-35-26(29)19-12-8-5-9-13-19/h4-15,20H,16-17H2,1-3H3. The fraction of sp³-hybridized carbons (Fsp3) is 0.222. The molecule has 9 nitrogen and oxygen atoms in total. The van der Waals surface area contributed by atoms with Crippen LogP contribution in [-0.4, -0.2) is 58.6 Å². The third kappa shape index (κ3) is 6.75. The van der Waals surface area contributed by atoms with Crippen molar-refractivity contribution in [1.29, 1.82) is 0 Å². The summed E-state index contributed by atoms with van der Waals surface area (Å²) in [4.78, 5) is 37.8. The maximum Gasteiger partial charge on any atom is 0.342 e. The highest BCUT2D eigenvalue weighted by Crippen LogP contribution is 2.35. The normalized spacial score (nSPS) is 10.3. The van der Waals surface area contributed by atoms with Gasteiger partial charge in [0.2, 0.25) is 0 Å². The van der Waals surface area contributed by atoms with E-state index in [1.807, 2.05) is 0 Å². The number of benzene rings is 3. The first-order valence-corrected chi connectivity index (χ1v) is 10.9. The van der Waals surface area contributed by atoms with Gasteiger partial charge in [0, 0.05) is 12.1 Å². The Morgan fingerprint density at radius 3 is 1.50 bits per heavy atom. The fourth-order valence-corrected chi connectivity index (χ4v) is 3.17. The molecule has 0 radical (unpaired) electrons. The van der Waals surface area contributed by atoms with Gasteiger partial charge in [0.05, 0.1) is 32.5 Å². The van der Waals surface area contributed by atoms with E-state index in [0.717, 1.165) is 0 Å². The van der Waals surface area contributed by atoms with Crippen LogP contribution in [0.5, 0.6) is 17.2 Å². The minimum Gasteiger partial charge on any atom is -0.496 e. The minimum atomic E-state index is -1.10. The SMILES string of the molecule is COc1cc(OC)c(C(=O)OC(COC(=O)c2ccccc2)COC(=O)c2ccccc2)cc1OC. The van der Waals surface area contributed by atoms with Crippen LogP contribution < -0.4 is 14.2 Å². The average Bonchev–Trinajstić information content (AvgIpc) is 2.93. The zero-order valence-corrected chi connectivity index (χ0v) is 20.1. The van der Waals surface area contributed by atoms with E-state index in [9.17, 15) is 14.4 Å². The third-order valence-corrected chi connectivity index (χ3v) is 5.02. The van der Waals surface area contributed by atoms with Crippen molar-refractivity contribution in [2.45, 2.75) is 6.10 Å². The van der Waals surface area contributed by atoms with Crippen molar-refractivity contribution >= 4 is 17.9 Å². The predicted octanol–water partition coefficient (Wildman–Crippen LogP) is 3.95. The summed E-state index contributed by atoms with van der Waals surface area (Å²) in [5.74, 6) is -1.21. The van der Waals surface area contributed by atoms with Crippen LogP contribution in [0, 0.1) is 0 Å². The second kappa shape index (κ2) is 12.8. The highest BCUT2D eigenvalue weighted by atomic mass is 16.6. The molecule has 3 aromatic rings. The van der Waals surface area contributed by atoms with Crippen LogP contribution in [0.15, 0.2) is 72.8 Å². The first kappa shape index (κ1) is 26.1. The molecule has 0 saturated heterocycles. The van der Waals surface area contributed by atoms with E-state index in [4.69, 9.17) is 28.4 Å². The van der Waals surface area contributed by atoms with Crippen LogP contribution >= 0.6 is 0 Å². The van der Waals surface area contributed by atoms with Crippen molar-refractivity contribution in [3.8, 4) is 17.2 Å². The Kier molecular flexibility index (Phi) is 9.27. The van der Waals surface area contributed by atoms with Gasteiger partial charge in [0.1, 0.15) is 24.5 Å². The Bertz CT molecular complexity index is 1120. The molecule has 0 aliphatic rings. The molecule has 0 heterocycles. The largest absolute Gasteiger partial charge is 0.496 e.